The maximum Gasteiger partial charge on any atom is 0.0295 e. The van der Waals surface area contributed by atoms with Crippen molar-refractivity contribution in [1.29, 1.82) is 0 Å². The third-order valence-corrected chi connectivity index (χ3v) is 2.07. The molecule has 0 saturated carbocycles. The van der Waals surface area contributed by atoms with E-state index in [9.17, 15) is 0 Å². The smallest absolute Gasteiger partial charge is 0.0295 e. The Balaban J connectivity index is 3.37. The highest BCUT2D eigenvalue weighted by Gasteiger charge is 2.12. The van der Waals surface area contributed by atoms with Gasteiger partial charge < -0.3 is 5.73 Å². The van der Waals surface area contributed by atoms with E-state index in [-0.39, 0.29) is 5.28 Å². The Bertz CT molecular complexity index is 61.5. The van der Waals surface area contributed by atoms with Crippen LogP contribution in [0.4, 0.5) is 0 Å². The van der Waals surface area contributed by atoms with Gasteiger partial charge in [0.25, 0.3) is 0 Å². The molecule has 0 rings (SSSR count). The minimum Gasteiger partial charge on any atom is -0.322 e. The Hall–Kier alpha value is 0.390. The summed E-state index contributed by atoms with van der Waals surface area (Å²) >= 11 is 0. The van der Waals surface area contributed by atoms with Crippen molar-refractivity contribution < 1.29 is 0 Å². The van der Waals surface area contributed by atoms with E-state index in [1.54, 1.807) is 0 Å². The molecule has 0 aromatic heterocycles. The number of hydrogen-bond donors (Lipinski definition) is 1. The van der Waals surface area contributed by atoms with Gasteiger partial charge >= 0.3 is 0 Å². The van der Waals surface area contributed by atoms with Crippen LogP contribution in [0.25, 0.3) is 0 Å². The van der Waals surface area contributed by atoms with E-state index in [1.807, 2.05) is 0 Å². The molecule has 0 aromatic carbocycles. The molecule has 0 amide bonds. The van der Waals surface area contributed by atoms with Crippen molar-refractivity contribution >= 4 is 9.24 Å². The normalized spacial score (nSPS) is 18.0. The summed E-state index contributed by atoms with van der Waals surface area (Å²) in [4.78, 5) is 0. The van der Waals surface area contributed by atoms with Crippen molar-refractivity contribution in [2.24, 2.45) is 5.73 Å². The molecular weight excluding hydrogens is 117 g/mol. The Morgan fingerprint density at radius 3 is 2.12 bits per heavy atom. The molecule has 2 N–H and O–H groups in total. The fraction of sp³-hybridized carbons (Fsp3) is 1.00. The maximum absolute atomic E-state index is 5.79. The second kappa shape index (κ2) is 3.42. The highest BCUT2D eigenvalue weighted by atomic mass is 31.0. The molecule has 2 unspecified atom stereocenters. The monoisotopic (exact) mass is 133 g/mol. The Labute approximate surface area is 54.2 Å². The minimum absolute atomic E-state index is 0.00868. The zero-order chi connectivity index (χ0) is 6.62. The van der Waals surface area contributed by atoms with Crippen LogP contribution >= 0.6 is 9.24 Å². The molecule has 0 aliphatic carbocycles. The van der Waals surface area contributed by atoms with Crippen LogP contribution in [0.1, 0.15) is 33.1 Å². The Morgan fingerprint density at radius 1 is 1.50 bits per heavy atom. The molecular formula is C6H16NP. The first kappa shape index (κ1) is 8.39. The lowest BCUT2D eigenvalue weighted by molar-refractivity contribution is 0.535. The number of nitrogens with two attached hydrogens (primary N) is 1. The van der Waals surface area contributed by atoms with E-state index in [0.29, 0.717) is 0 Å². The second-order valence-electron chi connectivity index (χ2n) is 2.34. The van der Waals surface area contributed by atoms with Crippen molar-refractivity contribution in [3.63, 3.8) is 0 Å². The topological polar surface area (TPSA) is 26.0 Å². The van der Waals surface area contributed by atoms with Crippen molar-refractivity contribution in [3.8, 4) is 0 Å². The van der Waals surface area contributed by atoms with Gasteiger partial charge in [-0.3, -0.25) is 0 Å². The lowest BCUT2D eigenvalue weighted by Crippen LogP contribution is -2.30. The van der Waals surface area contributed by atoms with Gasteiger partial charge in [-0.25, -0.2) is 0 Å². The van der Waals surface area contributed by atoms with E-state index >= 15 is 0 Å². The van der Waals surface area contributed by atoms with E-state index in [0.717, 1.165) is 12.8 Å². The van der Waals surface area contributed by atoms with Crippen LogP contribution in [0.5, 0.6) is 0 Å². The van der Waals surface area contributed by atoms with Crippen molar-refractivity contribution in [2.45, 2.75) is 38.4 Å². The van der Waals surface area contributed by atoms with Gasteiger partial charge in [0.1, 0.15) is 0 Å². The number of rotatable bonds is 3. The quantitative estimate of drug-likeness (QED) is 0.583. The predicted molar refractivity (Wildman–Crippen MR) is 41.8 cm³/mol. The molecule has 0 saturated heterocycles. The van der Waals surface area contributed by atoms with Gasteiger partial charge in [0.15, 0.2) is 0 Å². The predicted octanol–water partition coefficient (Wildman–Crippen LogP) is 1.73. The fourth-order valence-electron chi connectivity index (χ4n) is 0.642. The third-order valence-electron chi connectivity index (χ3n) is 1.37. The summed E-state index contributed by atoms with van der Waals surface area (Å²) in [6, 6.07) is 0. The van der Waals surface area contributed by atoms with Gasteiger partial charge in [-0.2, -0.15) is 0 Å². The maximum atomic E-state index is 5.79. The van der Waals surface area contributed by atoms with Gasteiger partial charge in [-0.05, 0) is 12.8 Å². The van der Waals surface area contributed by atoms with Crippen LogP contribution in [0.3, 0.4) is 0 Å². The van der Waals surface area contributed by atoms with Gasteiger partial charge in [0.05, 0.1) is 0 Å². The fourth-order valence-corrected chi connectivity index (χ4v) is 0.931. The lowest BCUT2D eigenvalue weighted by atomic mass is 10.1. The summed E-state index contributed by atoms with van der Waals surface area (Å²) < 4.78 is 0. The summed E-state index contributed by atoms with van der Waals surface area (Å²) in [6.45, 7) is 4.27. The van der Waals surface area contributed by atoms with Crippen LogP contribution in [-0.4, -0.2) is 5.28 Å². The molecule has 0 aromatic rings. The van der Waals surface area contributed by atoms with Crippen LogP contribution in [0.2, 0.25) is 0 Å². The van der Waals surface area contributed by atoms with E-state index in [2.05, 4.69) is 23.1 Å². The molecule has 0 heterocycles. The molecule has 0 bridgehead atoms. The zero-order valence-electron chi connectivity index (χ0n) is 5.78. The SMILES string of the molecule is CCCC(N)(P)CC. The molecule has 1 nitrogen and oxygen atoms in total. The van der Waals surface area contributed by atoms with Crippen LogP contribution in [0, 0.1) is 0 Å². The summed E-state index contributed by atoms with van der Waals surface area (Å²) in [6.07, 6.45) is 3.33. The molecule has 50 valence electrons. The van der Waals surface area contributed by atoms with Crippen molar-refractivity contribution in [3.05, 3.63) is 0 Å². The molecule has 0 aliphatic rings. The highest BCUT2D eigenvalue weighted by Crippen LogP contribution is 2.20. The van der Waals surface area contributed by atoms with Crippen molar-refractivity contribution in [2.75, 3.05) is 0 Å². The van der Waals surface area contributed by atoms with Gasteiger partial charge in [0, 0.05) is 5.28 Å². The largest absolute Gasteiger partial charge is 0.322 e. The summed E-state index contributed by atoms with van der Waals surface area (Å²) in [5.74, 6) is 0. The summed E-state index contributed by atoms with van der Waals surface area (Å²) in [7, 11) is 2.69. The highest BCUT2D eigenvalue weighted by molar-refractivity contribution is 7.18. The summed E-state index contributed by atoms with van der Waals surface area (Å²) in [5, 5.41) is 0.00868. The van der Waals surface area contributed by atoms with Crippen LogP contribution in [0.15, 0.2) is 0 Å². The average Bonchev–Trinajstić information content (AvgIpc) is 1.67. The lowest BCUT2D eigenvalue weighted by Gasteiger charge is -2.20. The molecule has 8 heavy (non-hydrogen) atoms. The first-order valence-electron chi connectivity index (χ1n) is 3.20. The number of hydrogen-bond acceptors (Lipinski definition) is 1. The summed E-state index contributed by atoms with van der Waals surface area (Å²) in [5.41, 5.74) is 5.79. The molecule has 0 fully saturated rings. The standard InChI is InChI=1S/C6H16NP/c1-3-5-6(7,8)4-2/h3-5,7-8H2,1-2H3. The Morgan fingerprint density at radius 2 is 2.00 bits per heavy atom. The van der Waals surface area contributed by atoms with Gasteiger partial charge in [0.2, 0.25) is 0 Å². The zero-order valence-corrected chi connectivity index (χ0v) is 6.93. The first-order valence-corrected chi connectivity index (χ1v) is 3.78. The molecule has 2 heteroatoms. The second-order valence-corrected chi connectivity index (χ2v) is 3.49. The first-order chi connectivity index (χ1) is 3.62. The van der Waals surface area contributed by atoms with Crippen molar-refractivity contribution in [1.82, 2.24) is 0 Å². The van der Waals surface area contributed by atoms with Crippen LogP contribution < -0.4 is 5.73 Å². The molecule has 0 radical (unpaired) electrons. The van der Waals surface area contributed by atoms with Gasteiger partial charge in [-0.15, -0.1) is 9.24 Å². The third kappa shape index (κ3) is 3.40. The Kier molecular flexibility index (Phi) is 3.59. The van der Waals surface area contributed by atoms with Crippen LogP contribution in [-0.2, 0) is 0 Å². The molecule has 0 aliphatic heterocycles. The van der Waals surface area contributed by atoms with E-state index in [1.165, 1.54) is 6.42 Å². The van der Waals surface area contributed by atoms with E-state index < -0.39 is 0 Å². The minimum atomic E-state index is 0.00868. The van der Waals surface area contributed by atoms with E-state index in [4.69, 9.17) is 5.73 Å². The molecule has 0 spiro atoms. The average molecular weight is 133 g/mol. The molecule has 2 atom stereocenters. The van der Waals surface area contributed by atoms with Gasteiger partial charge in [-0.1, -0.05) is 20.3 Å².